The second-order valence-corrected chi connectivity index (χ2v) is 4.45. The van der Waals surface area contributed by atoms with Crippen LogP contribution in [0.15, 0.2) is 34.7 Å². The number of pyridine rings is 1. The molecule has 0 saturated heterocycles. The molecule has 2 aromatic rings. The van der Waals surface area contributed by atoms with Gasteiger partial charge in [-0.15, -0.1) is 0 Å². The molecule has 16 heavy (non-hydrogen) atoms. The number of aromatic nitrogens is 3. The lowest BCUT2D eigenvalue weighted by Crippen LogP contribution is -1.93. The molecule has 2 rings (SSSR count). The molecular formula is C11H12N4S. The Labute approximate surface area is 98.3 Å². The van der Waals surface area contributed by atoms with Crippen LogP contribution < -0.4 is 5.73 Å². The molecular weight excluding hydrogens is 220 g/mol. The minimum atomic E-state index is 0.691. The van der Waals surface area contributed by atoms with Crippen LogP contribution in [0.25, 0.3) is 0 Å². The molecule has 0 aliphatic rings. The zero-order valence-electron chi connectivity index (χ0n) is 9.14. The summed E-state index contributed by atoms with van der Waals surface area (Å²) in [5.41, 5.74) is 8.47. The smallest absolute Gasteiger partial charge is 0.194 e. The number of aryl methyl sites for hydroxylation is 2. The van der Waals surface area contributed by atoms with Crippen molar-refractivity contribution in [2.45, 2.75) is 24.0 Å². The van der Waals surface area contributed by atoms with E-state index in [9.17, 15) is 0 Å². The Morgan fingerprint density at radius 1 is 1.25 bits per heavy atom. The van der Waals surface area contributed by atoms with Gasteiger partial charge in [0.2, 0.25) is 0 Å². The molecule has 0 unspecified atom stereocenters. The van der Waals surface area contributed by atoms with Crippen LogP contribution in [0.2, 0.25) is 0 Å². The number of nitrogens with zero attached hydrogens (tertiary/aromatic N) is 3. The van der Waals surface area contributed by atoms with Crippen LogP contribution in [0.5, 0.6) is 0 Å². The van der Waals surface area contributed by atoms with Gasteiger partial charge in [0.05, 0.1) is 0 Å². The van der Waals surface area contributed by atoms with Gasteiger partial charge >= 0.3 is 0 Å². The van der Waals surface area contributed by atoms with Crippen LogP contribution >= 0.6 is 11.8 Å². The van der Waals surface area contributed by atoms with Crippen molar-refractivity contribution in [2.24, 2.45) is 0 Å². The quantitative estimate of drug-likeness (QED) is 0.804. The predicted molar refractivity (Wildman–Crippen MR) is 64.3 cm³/mol. The highest BCUT2D eigenvalue weighted by Crippen LogP contribution is 2.24. The zero-order chi connectivity index (χ0) is 11.5. The maximum absolute atomic E-state index is 5.81. The fourth-order valence-electron chi connectivity index (χ4n) is 1.14. The first-order valence-electron chi connectivity index (χ1n) is 4.85. The Bertz CT molecular complexity index is 513. The Hall–Kier alpha value is -1.62. The molecule has 0 amide bonds. The van der Waals surface area contributed by atoms with Crippen molar-refractivity contribution in [3.05, 3.63) is 35.8 Å². The average molecular weight is 232 g/mol. The first-order chi connectivity index (χ1) is 7.65. The van der Waals surface area contributed by atoms with Crippen molar-refractivity contribution in [1.29, 1.82) is 0 Å². The van der Waals surface area contributed by atoms with Crippen LogP contribution in [0, 0.1) is 13.8 Å². The van der Waals surface area contributed by atoms with Gasteiger partial charge in [-0.25, -0.2) is 15.0 Å². The van der Waals surface area contributed by atoms with E-state index in [-0.39, 0.29) is 0 Å². The van der Waals surface area contributed by atoms with E-state index in [0.717, 1.165) is 22.0 Å². The standard InChI is InChI=1S/C11H12N4S/c1-7-6-14-10(5-9(7)12)16-11-13-4-3-8(2)15-11/h3-6H,1-2H3,(H2,12,14). The Kier molecular flexibility index (Phi) is 3.05. The van der Waals surface area contributed by atoms with E-state index in [2.05, 4.69) is 15.0 Å². The molecule has 2 heterocycles. The summed E-state index contributed by atoms with van der Waals surface area (Å²) in [7, 11) is 0. The van der Waals surface area contributed by atoms with Crippen LogP contribution in [0.3, 0.4) is 0 Å². The van der Waals surface area contributed by atoms with Gasteiger partial charge < -0.3 is 5.73 Å². The molecule has 5 heteroatoms. The number of hydrogen-bond donors (Lipinski definition) is 1. The third-order valence-corrected chi connectivity index (χ3v) is 2.90. The Morgan fingerprint density at radius 3 is 2.75 bits per heavy atom. The third kappa shape index (κ3) is 2.49. The first-order valence-corrected chi connectivity index (χ1v) is 5.66. The highest BCUT2D eigenvalue weighted by molar-refractivity contribution is 7.99. The molecule has 0 atom stereocenters. The first kappa shape index (κ1) is 10.9. The summed E-state index contributed by atoms with van der Waals surface area (Å²) in [4.78, 5) is 12.7. The maximum Gasteiger partial charge on any atom is 0.194 e. The monoisotopic (exact) mass is 232 g/mol. The van der Waals surface area contributed by atoms with Crippen molar-refractivity contribution < 1.29 is 0 Å². The summed E-state index contributed by atoms with van der Waals surface area (Å²) in [6.07, 6.45) is 3.50. The highest BCUT2D eigenvalue weighted by Gasteiger charge is 2.03. The van der Waals surface area contributed by atoms with E-state index >= 15 is 0 Å². The second-order valence-electron chi connectivity index (χ2n) is 3.46. The van der Waals surface area contributed by atoms with E-state index in [0.29, 0.717) is 5.16 Å². The molecule has 4 nitrogen and oxygen atoms in total. The summed E-state index contributed by atoms with van der Waals surface area (Å²) in [6, 6.07) is 3.70. The van der Waals surface area contributed by atoms with Crippen molar-refractivity contribution in [3.8, 4) is 0 Å². The van der Waals surface area contributed by atoms with Crippen LogP contribution in [-0.2, 0) is 0 Å². The fraction of sp³-hybridized carbons (Fsp3) is 0.182. The minimum Gasteiger partial charge on any atom is -0.398 e. The van der Waals surface area contributed by atoms with Crippen molar-refractivity contribution in [2.75, 3.05) is 5.73 Å². The van der Waals surface area contributed by atoms with Gasteiger partial charge in [-0.05, 0) is 43.3 Å². The predicted octanol–water partition coefficient (Wildman–Crippen LogP) is 2.22. The summed E-state index contributed by atoms with van der Waals surface area (Å²) in [5, 5.41) is 1.50. The molecule has 2 aromatic heterocycles. The normalized spacial score (nSPS) is 10.4. The van der Waals surface area contributed by atoms with E-state index in [1.807, 2.05) is 26.0 Å². The number of anilines is 1. The van der Waals surface area contributed by atoms with Crippen LogP contribution in [-0.4, -0.2) is 15.0 Å². The van der Waals surface area contributed by atoms with E-state index in [4.69, 9.17) is 5.73 Å². The van der Waals surface area contributed by atoms with Crippen molar-refractivity contribution in [1.82, 2.24) is 15.0 Å². The molecule has 0 aromatic carbocycles. The van der Waals surface area contributed by atoms with E-state index in [1.165, 1.54) is 11.8 Å². The van der Waals surface area contributed by atoms with Gasteiger partial charge in [0, 0.05) is 23.8 Å². The average Bonchev–Trinajstić information content (AvgIpc) is 2.24. The molecule has 2 N–H and O–H groups in total. The van der Waals surface area contributed by atoms with Gasteiger partial charge in [-0.2, -0.15) is 0 Å². The fourth-order valence-corrected chi connectivity index (χ4v) is 1.93. The third-order valence-electron chi connectivity index (χ3n) is 2.09. The number of rotatable bonds is 2. The Balaban J connectivity index is 2.24. The topological polar surface area (TPSA) is 64.7 Å². The SMILES string of the molecule is Cc1ccnc(Sc2cc(N)c(C)cn2)n1. The van der Waals surface area contributed by atoms with Crippen molar-refractivity contribution in [3.63, 3.8) is 0 Å². The summed E-state index contributed by atoms with van der Waals surface area (Å²) >= 11 is 1.41. The second kappa shape index (κ2) is 4.49. The molecule has 0 aliphatic carbocycles. The lowest BCUT2D eigenvalue weighted by Gasteiger charge is -2.03. The molecule has 0 radical (unpaired) electrons. The number of nitrogens with two attached hydrogens (primary N) is 1. The van der Waals surface area contributed by atoms with E-state index in [1.54, 1.807) is 12.4 Å². The molecule has 82 valence electrons. The number of nitrogen functional groups attached to an aromatic ring is 1. The molecule has 0 saturated carbocycles. The van der Waals surface area contributed by atoms with Gasteiger partial charge in [-0.3, -0.25) is 0 Å². The Morgan fingerprint density at radius 2 is 2.06 bits per heavy atom. The molecule has 0 spiro atoms. The van der Waals surface area contributed by atoms with Crippen molar-refractivity contribution >= 4 is 17.4 Å². The summed E-state index contributed by atoms with van der Waals surface area (Å²) in [5.74, 6) is 0. The zero-order valence-corrected chi connectivity index (χ0v) is 9.95. The minimum absolute atomic E-state index is 0.691. The highest BCUT2D eigenvalue weighted by atomic mass is 32.2. The maximum atomic E-state index is 5.81. The number of hydrogen-bond acceptors (Lipinski definition) is 5. The van der Waals surface area contributed by atoms with Crippen LogP contribution in [0.4, 0.5) is 5.69 Å². The van der Waals surface area contributed by atoms with Crippen LogP contribution in [0.1, 0.15) is 11.3 Å². The largest absolute Gasteiger partial charge is 0.398 e. The lowest BCUT2D eigenvalue weighted by atomic mass is 10.3. The van der Waals surface area contributed by atoms with Gasteiger partial charge in [-0.1, -0.05) is 0 Å². The summed E-state index contributed by atoms with van der Waals surface area (Å²) in [6.45, 7) is 3.86. The molecule has 0 bridgehead atoms. The molecule has 0 aliphatic heterocycles. The van der Waals surface area contributed by atoms with E-state index < -0.39 is 0 Å². The van der Waals surface area contributed by atoms with Gasteiger partial charge in [0.15, 0.2) is 5.16 Å². The van der Waals surface area contributed by atoms with Gasteiger partial charge in [0.25, 0.3) is 0 Å². The summed E-state index contributed by atoms with van der Waals surface area (Å²) < 4.78 is 0. The lowest BCUT2D eigenvalue weighted by molar-refractivity contribution is 0.927. The van der Waals surface area contributed by atoms with Gasteiger partial charge in [0.1, 0.15) is 5.03 Å². The molecule has 0 fully saturated rings.